The van der Waals surface area contributed by atoms with Gasteiger partial charge in [-0.2, -0.15) is 0 Å². The van der Waals surface area contributed by atoms with Crippen LogP contribution in [0.3, 0.4) is 0 Å². The van der Waals surface area contributed by atoms with Gasteiger partial charge >= 0.3 is 5.97 Å². The van der Waals surface area contributed by atoms with Gasteiger partial charge in [0.15, 0.2) is 0 Å². The van der Waals surface area contributed by atoms with E-state index >= 15 is 0 Å². The zero-order valence-corrected chi connectivity index (χ0v) is 10.7. The molecule has 0 aliphatic carbocycles. The normalized spacial score (nSPS) is 31.1. The predicted octanol–water partition coefficient (Wildman–Crippen LogP) is 1.49. The Kier molecular flexibility index (Phi) is 4.40. The van der Waals surface area contributed by atoms with E-state index in [1.54, 1.807) is 0 Å². The van der Waals surface area contributed by atoms with Crippen molar-refractivity contribution in [1.82, 2.24) is 5.32 Å². The number of piperidine rings is 1. The van der Waals surface area contributed by atoms with Crippen LogP contribution >= 0.6 is 0 Å². The molecule has 2 aliphatic rings. The smallest absolute Gasteiger partial charge is 0.313 e. The van der Waals surface area contributed by atoms with E-state index < -0.39 is 0 Å². The average molecular weight is 241 g/mol. The molecule has 1 atom stereocenters. The van der Waals surface area contributed by atoms with Gasteiger partial charge in [-0.05, 0) is 25.8 Å². The third-order valence-corrected chi connectivity index (χ3v) is 4.02. The van der Waals surface area contributed by atoms with Crippen LogP contribution in [0.2, 0.25) is 0 Å². The lowest BCUT2D eigenvalue weighted by molar-refractivity contribution is -0.167. The lowest BCUT2D eigenvalue weighted by Crippen LogP contribution is -2.47. The van der Waals surface area contributed by atoms with Crippen LogP contribution in [0.25, 0.3) is 0 Å². The molecular weight excluding hydrogens is 218 g/mol. The summed E-state index contributed by atoms with van der Waals surface area (Å²) >= 11 is 0. The second-order valence-electron chi connectivity index (χ2n) is 5.13. The number of hydrogen-bond acceptors (Lipinski definition) is 4. The molecular formula is C13H23NO3. The summed E-state index contributed by atoms with van der Waals surface area (Å²) in [5.41, 5.74) is -0.281. The highest BCUT2D eigenvalue weighted by Gasteiger charge is 2.40. The average Bonchev–Trinajstić information content (AvgIpc) is 2.40. The van der Waals surface area contributed by atoms with E-state index in [-0.39, 0.29) is 17.5 Å². The van der Waals surface area contributed by atoms with Crippen LogP contribution in [0.4, 0.5) is 0 Å². The Balaban J connectivity index is 1.91. The van der Waals surface area contributed by atoms with Crippen LogP contribution < -0.4 is 5.32 Å². The summed E-state index contributed by atoms with van der Waals surface area (Å²) < 4.78 is 10.9. The first kappa shape index (κ1) is 12.8. The fourth-order valence-corrected chi connectivity index (χ4v) is 2.66. The van der Waals surface area contributed by atoms with Crippen molar-refractivity contribution in [2.75, 3.05) is 26.3 Å². The maximum Gasteiger partial charge on any atom is 0.313 e. The van der Waals surface area contributed by atoms with E-state index in [1.807, 2.05) is 0 Å². The molecule has 1 unspecified atom stereocenters. The van der Waals surface area contributed by atoms with Crippen molar-refractivity contribution < 1.29 is 14.3 Å². The standard InChI is InChI=1S/C13H23NO3/c1-2-13(6-3-7-14-10-13)12(15)17-11-4-8-16-9-5-11/h11,14H,2-10H2,1H3. The SMILES string of the molecule is CCC1(C(=O)OC2CCOCC2)CCCNC1. The van der Waals surface area contributed by atoms with E-state index in [1.165, 1.54) is 0 Å². The Morgan fingerprint density at radius 2 is 2.24 bits per heavy atom. The summed E-state index contributed by atoms with van der Waals surface area (Å²) in [5.74, 6) is -0.000833. The zero-order chi connectivity index (χ0) is 12.1. The molecule has 0 radical (unpaired) electrons. The van der Waals surface area contributed by atoms with Crippen molar-refractivity contribution in [3.8, 4) is 0 Å². The third kappa shape index (κ3) is 2.99. The molecule has 0 bridgehead atoms. The second kappa shape index (κ2) is 5.83. The zero-order valence-electron chi connectivity index (χ0n) is 10.7. The van der Waals surface area contributed by atoms with E-state index in [9.17, 15) is 4.79 Å². The summed E-state index contributed by atoms with van der Waals surface area (Å²) in [6.45, 7) is 5.31. The molecule has 0 saturated carbocycles. The molecule has 2 aliphatic heterocycles. The summed E-state index contributed by atoms with van der Waals surface area (Å²) in [6, 6.07) is 0. The van der Waals surface area contributed by atoms with Crippen molar-refractivity contribution in [3.05, 3.63) is 0 Å². The molecule has 2 fully saturated rings. The summed E-state index contributed by atoms with van der Waals surface area (Å²) in [6.07, 6.45) is 4.65. The molecule has 0 aromatic carbocycles. The van der Waals surface area contributed by atoms with Gasteiger partial charge < -0.3 is 14.8 Å². The molecule has 0 aromatic heterocycles. The molecule has 2 rings (SSSR count). The van der Waals surface area contributed by atoms with Gasteiger partial charge in [-0.25, -0.2) is 0 Å². The Labute approximate surface area is 103 Å². The Bertz CT molecular complexity index is 255. The number of ether oxygens (including phenoxy) is 2. The van der Waals surface area contributed by atoms with Crippen molar-refractivity contribution in [3.63, 3.8) is 0 Å². The maximum atomic E-state index is 12.3. The summed E-state index contributed by atoms with van der Waals surface area (Å²) in [4.78, 5) is 12.3. The molecule has 1 N–H and O–H groups in total. The summed E-state index contributed by atoms with van der Waals surface area (Å²) in [7, 11) is 0. The molecule has 2 saturated heterocycles. The van der Waals surface area contributed by atoms with Crippen LogP contribution in [0.5, 0.6) is 0 Å². The highest BCUT2D eigenvalue weighted by atomic mass is 16.6. The molecule has 17 heavy (non-hydrogen) atoms. The first-order valence-corrected chi connectivity index (χ1v) is 6.76. The molecule has 2 heterocycles. The molecule has 4 nitrogen and oxygen atoms in total. The number of hydrogen-bond donors (Lipinski definition) is 1. The fraction of sp³-hybridized carbons (Fsp3) is 0.923. The topological polar surface area (TPSA) is 47.6 Å². The minimum atomic E-state index is -0.281. The van der Waals surface area contributed by atoms with Crippen molar-refractivity contribution in [2.45, 2.75) is 45.1 Å². The molecule has 4 heteroatoms. The van der Waals surface area contributed by atoms with Gasteiger partial charge in [0.05, 0.1) is 18.6 Å². The number of esters is 1. The van der Waals surface area contributed by atoms with E-state index in [4.69, 9.17) is 9.47 Å². The highest BCUT2D eigenvalue weighted by Crippen LogP contribution is 2.32. The largest absolute Gasteiger partial charge is 0.462 e. The van der Waals surface area contributed by atoms with Crippen LogP contribution in [0.15, 0.2) is 0 Å². The predicted molar refractivity (Wildman–Crippen MR) is 64.8 cm³/mol. The quantitative estimate of drug-likeness (QED) is 0.760. The van der Waals surface area contributed by atoms with Gasteiger partial charge in [0.25, 0.3) is 0 Å². The maximum absolute atomic E-state index is 12.3. The monoisotopic (exact) mass is 241 g/mol. The van der Waals surface area contributed by atoms with Crippen LogP contribution in [-0.4, -0.2) is 38.4 Å². The van der Waals surface area contributed by atoms with Gasteiger partial charge in [0, 0.05) is 19.4 Å². The minimum absolute atomic E-state index is 0.000833. The number of carbonyl (C=O) groups excluding carboxylic acids is 1. The van der Waals surface area contributed by atoms with E-state index in [0.717, 1.165) is 58.4 Å². The highest BCUT2D eigenvalue weighted by molar-refractivity contribution is 5.77. The van der Waals surface area contributed by atoms with Crippen LogP contribution in [-0.2, 0) is 14.3 Å². The minimum Gasteiger partial charge on any atom is -0.462 e. The number of rotatable bonds is 3. The van der Waals surface area contributed by atoms with E-state index in [2.05, 4.69) is 12.2 Å². The Morgan fingerprint density at radius 1 is 1.47 bits per heavy atom. The molecule has 0 spiro atoms. The third-order valence-electron chi connectivity index (χ3n) is 4.02. The Morgan fingerprint density at radius 3 is 2.82 bits per heavy atom. The molecule has 98 valence electrons. The van der Waals surface area contributed by atoms with Gasteiger partial charge in [-0.1, -0.05) is 6.92 Å². The van der Waals surface area contributed by atoms with Gasteiger partial charge in [-0.3, -0.25) is 4.79 Å². The first-order valence-electron chi connectivity index (χ1n) is 6.76. The molecule has 0 aromatic rings. The fourth-order valence-electron chi connectivity index (χ4n) is 2.66. The first-order chi connectivity index (χ1) is 8.27. The van der Waals surface area contributed by atoms with Crippen molar-refractivity contribution in [1.29, 1.82) is 0 Å². The number of carbonyl (C=O) groups is 1. The van der Waals surface area contributed by atoms with Gasteiger partial charge in [0.2, 0.25) is 0 Å². The summed E-state index contributed by atoms with van der Waals surface area (Å²) in [5, 5.41) is 3.32. The van der Waals surface area contributed by atoms with E-state index in [0.29, 0.717) is 0 Å². The van der Waals surface area contributed by atoms with Crippen LogP contribution in [0, 0.1) is 5.41 Å². The lowest BCUT2D eigenvalue weighted by Gasteiger charge is -2.36. The lowest BCUT2D eigenvalue weighted by atomic mass is 9.78. The second-order valence-corrected chi connectivity index (χ2v) is 5.13. The number of nitrogens with one attached hydrogen (secondary N) is 1. The van der Waals surface area contributed by atoms with Gasteiger partial charge in [0.1, 0.15) is 6.10 Å². The molecule has 0 amide bonds. The van der Waals surface area contributed by atoms with Crippen molar-refractivity contribution >= 4 is 5.97 Å². The van der Waals surface area contributed by atoms with Crippen molar-refractivity contribution in [2.24, 2.45) is 5.41 Å². The van der Waals surface area contributed by atoms with Gasteiger partial charge in [-0.15, -0.1) is 0 Å². The Hall–Kier alpha value is -0.610. The van der Waals surface area contributed by atoms with Crippen LogP contribution in [0.1, 0.15) is 39.0 Å².